The fraction of sp³-hybridized carbons (Fsp3) is 1.00. The predicted molar refractivity (Wildman–Crippen MR) is 61.3 cm³/mol. The van der Waals surface area contributed by atoms with E-state index in [0.29, 0.717) is 0 Å². The summed E-state index contributed by atoms with van der Waals surface area (Å²) in [7, 11) is 0. The molecule has 0 bridgehead atoms. The van der Waals surface area contributed by atoms with Crippen molar-refractivity contribution in [1.82, 2.24) is 5.32 Å². The lowest BCUT2D eigenvalue weighted by atomic mass is 9.74. The van der Waals surface area contributed by atoms with E-state index >= 15 is 0 Å². The normalized spacial score (nSPS) is 38.8. The zero-order chi connectivity index (χ0) is 9.80. The highest BCUT2D eigenvalue weighted by Gasteiger charge is 2.27. The molecular formula is C13H25N. The maximum Gasteiger partial charge on any atom is -0.00199 e. The van der Waals surface area contributed by atoms with Gasteiger partial charge in [0.25, 0.3) is 0 Å². The Kier molecular flexibility index (Phi) is 3.86. The Morgan fingerprint density at radius 1 is 1.07 bits per heavy atom. The fourth-order valence-corrected chi connectivity index (χ4v) is 3.48. The molecule has 3 unspecified atom stereocenters. The monoisotopic (exact) mass is 195 g/mol. The van der Waals surface area contributed by atoms with Crippen LogP contribution in [-0.4, -0.2) is 13.1 Å². The lowest BCUT2D eigenvalue weighted by molar-refractivity contribution is 0.195. The molecule has 0 aromatic carbocycles. The van der Waals surface area contributed by atoms with Crippen molar-refractivity contribution >= 4 is 0 Å². The zero-order valence-electron chi connectivity index (χ0n) is 9.60. The Morgan fingerprint density at radius 2 is 1.86 bits per heavy atom. The van der Waals surface area contributed by atoms with Gasteiger partial charge in [0.05, 0.1) is 0 Å². The van der Waals surface area contributed by atoms with Gasteiger partial charge in [-0.1, -0.05) is 39.0 Å². The quantitative estimate of drug-likeness (QED) is 0.729. The second-order valence-corrected chi connectivity index (χ2v) is 5.31. The summed E-state index contributed by atoms with van der Waals surface area (Å²) in [5, 5.41) is 3.49. The Hall–Kier alpha value is -0.0400. The third kappa shape index (κ3) is 2.50. The van der Waals surface area contributed by atoms with Crippen molar-refractivity contribution in [3.63, 3.8) is 0 Å². The van der Waals surface area contributed by atoms with E-state index in [1.54, 1.807) is 0 Å². The van der Waals surface area contributed by atoms with Gasteiger partial charge in [-0.3, -0.25) is 0 Å². The van der Waals surface area contributed by atoms with Gasteiger partial charge in [-0.05, 0) is 43.7 Å². The van der Waals surface area contributed by atoms with Crippen molar-refractivity contribution in [2.24, 2.45) is 17.8 Å². The van der Waals surface area contributed by atoms with Gasteiger partial charge in [-0.2, -0.15) is 0 Å². The van der Waals surface area contributed by atoms with Crippen LogP contribution in [0.3, 0.4) is 0 Å². The summed E-state index contributed by atoms with van der Waals surface area (Å²) < 4.78 is 0. The Morgan fingerprint density at radius 3 is 2.50 bits per heavy atom. The molecule has 1 saturated heterocycles. The van der Waals surface area contributed by atoms with Crippen LogP contribution in [0.15, 0.2) is 0 Å². The van der Waals surface area contributed by atoms with Crippen LogP contribution >= 0.6 is 0 Å². The highest BCUT2D eigenvalue weighted by molar-refractivity contribution is 4.80. The molecule has 2 aliphatic rings. The van der Waals surface area contributed by atoms with Gasteiger partial charge in [0.2, 0.25) is 0 Å². The average molecular weight is 195 g/mol. The van der Waals surface area contributed by atoms with E-state index in [1.165, 1.54) is 58.0 Å². The van der Waals surface area contributed by atoms with Crippen LogP contribution in [0.5, 0.6) is 0 Å². The first-order valence-corrected chi connectivity index (χ1v) is 6.61. The molecule has 2 fully saturated rings. The summed E-state index contributed by atoms with van der Waals surface area (Å²) in [6.45, 7) is 4.96. The maximum atomic E-state index is 3.49. The highest BCUT2D eigenvalue weighted by atomic mass is 14.9. The molecular weight excluding hydrogens is 170 g/mol. The Bertz CT molecular complexity index is 161. The smallest absolute Gasteiger partial charge is 0.00199 e. The van der Waals surface area contributed by atoms with E-state index in [1.807, 2.05) is 0 Å². The van der Waals surface area contributed by atoms with Crippen LogP contribution in [0.1, 0.15) is 51.9 Å². The molecule has 1 aliphatic carbocycles. The Labute approximate surface area is 88.7 Å². The summed E-state index contributed by atoms with van der Waals surface area (Å²) in [6.07, 6.45) is 10.4. The van der Waals surface area contributed by atoms with Crippen LogP contribution in [0, 0.1) is 17.8 Å². The van der Waals surface area contributed by atoms with Gasteiger partial charge in [0, 0.05) is 0 Å². The van der Waals surface area contributed by atoms with E-state index in [0.717, 1.165) is 17.8 Å². The van der Waals surface area contributed by atoms with Crippen LogP contribution in [-0.2, 0) is 0 Å². The minimum atomic E-state index is 1.01. The molecule has 0 radical (unpaired) electrons. The molecule has 1 nitrogen and oxygen atoms in total. The van der Waals surface area contributed by atoms with Crippen molar-refractivity contribution < 1.29 is 0 Å². The third-order valence-corrected chi connectivity index (χ3v) is 4.39. The van der Waals surface area contributed by atoms with Crippen molar-refractivity contribution in [3.05, 3.63) is 0 Å². The highest BCUT2D eigenvalue weighted by Crippen LogP contribution is 2.37. The van der Waals surface area contributed by atoms with Crippen LogP contribution < -0.4 is 5.32 Å². The molecule has 1 heteroatoms. The summed E-state index contributed by atoms with van der Waals surface area (Å²) in [5.74, 6) is 3.13. The molecule has 1 heterocycles. The average Bonchev–Trinajstić information content (AvgIpc) is 2.71. The number of hydrogen-bond donors (Lipinski definition) is 1. The van der Waals surface area contributed by atoms with Gasteiger partial charge in [-0.25, -0.2) is 0 Å². The predicted octanol–water partition coefficient (Wildman–Crippen LogP) is 3.20. The summed E-state index contributed by atoms with van der Waals surface area (Å²) in [6, 6.07) is 0. The first-order chi connectivity index (χ1) is 6.90. The molecule has 1 aliphatic heterocycles. The van der Waals surface area contributed by atoms with Crippen LogP contribution in [0.4, 0.5) is 0 Å². The molecule has 82 valence electrons. The van der Waals surface area contributed by atoms with Crippen molar-refractivity contribution in [2.75, 3.05) is 13.1 Å². The van der Waals surface area contributed by atoms with Gasteiger partial charge in [-0.15, -0.1) is 0 Å². The van der Waals surface area contributed by atoms with Crippen molar-refractivity contribution in [2.45, 2.75) is 51.9 Å². The SMILES string of the molecule is CCC1CCCCC1CC1CCNC1. The number of hydrogen-bond acceptors (Lipinski definition) is 1. The molecule has 3 atom stereocenters. The van der Waals surface area contributed by atoms with Gasteiger partial charge < -0.3 is 5.32 Å². The zero-order valence-corrected chi connectivity index (χ0v) is 9.60. The minimum Gasteiger partial charge on any atom is -0.316 e. The van der Waals surface area contributed by atoms with E-state index in [9.17, 15) is 0 Å². The molecule has 0 amide bonds. The molecule has 0 aromatic rings. The third-order valence-electron chi connectivity index (χ3n) is 4.39. The largest absolute Gasteiger partial charge is 0.316 e. The first kappa shape index (κ1) is 10.5. The van der Waals surface area contributed by atoms with Gasteiger partial charge in [0.1, 0.15) is 0 Å². The summed E-state index contributed by atoms with van der Waals surface area (Å²) in [4.78, 5) is 0. The molecule has 14 heavy (non-hydrogen) atoms. The molecule has 2 rings (SSSR count). The number of rotatable bonds is 3. The van der Waals surface area contributed by atoms with E-state index in [2.05, 4.69) is 12.2 Å². The summed E-state index contributed by atoms with van der Waals surface area (Å²) >= 11 is 0. The minimum absolute atomic E-state index is 1.01. The lowest BCUT2D eigenvalue weighted by Crippen LogP contribution is -2.22. The van der Waals surface area contributed by atoms with Gasteiger partial charge >= 0.3 is 0 Å². The summed E-state index contributed by atoms with van der Waals surface area (Å²) in [5.41, 5.74) is 0. The topological polar surface area (TPSA) is 12.0 Å². The molecule has 1 saturated carbocycles. The molecule has 0 spiro atoms. The lowest BCUT2D eigenvalue weighted by Gasteiger charge is -2.32. The van der Waals surface area contributed by atoms with Crippen LogP contribution in [0.25, 0.3) is 0 Å². The molecule has 0 aromatic heterocycles. The number of nitrogens with one attached hydrogen (secondary N) is 1. The second-order valence-electron chi connectivity index (χ2n) is 5.31. The fourth-order valence-electron chi connectivity index (χ4n) is 3.48. The van der Waals surface area contributed by atoms with Crippen molar-refractivity contribution in [1.29, 1.82) is 0 Å². The van der Waals surface area contributed by atoms with Gasteiger partial charge in [0.15, 0.2) is 0 Å². The molecule has 1 N–H and O–H groups in total. The second kappa shape index (κ2) is 5.16. The maximum absolute atomic E-state index is 3.49. The van der Waals surface area contributed by atoms with E-state index in [-0.39, 0.29) is 0 Å². The Balaban J connectivity index is 1.81. The van der Waals surface area contributed by atoms with E-state index in [4.69, 9.17) is 0 Å². The first-order valence-electron chi connectivity index (χ1n) is 6.61. The van der Waals surface area contributed by atoms with Crippen LogP contribution in [0.2, 0.25) is 0 Å². The standard InChI is InChI=1S/C13H25N/c1-2-12-5-3-4-6-13(12)9-11-7-8-14-10-11/h11-14H,2-10H2,1H3. The van der Waals surface area contributed by atoms with E-state index < -0.39 is 0 Å². The van der Waals surface area contributed by atoms with Crippen molar-refractivity contribution in [3.8, 4) is 0 Å².